The highest BCUT2D eigenvalue weighted by Crippen LogP contribution is 2.37. The van der Waals surface area contributed by atoms with Crippen LogP contribution in [-0.4, -0.2) is 5.78 Å². The van der Waals surface area contributed by atoms with Crippen molar-refractivity contribution in [3.63, 3.8) is 0 Å². The van der Waals surface area contributed by atoms with Crippen molar-refractivity contribution in [3.8, 4) is 0 Å². The molecule has 16 heavy (non-hydrogen) atoms. The number of ketones is 1. The number of carbonyl (C=O) groups is 1. The zero-order chi connectivity index (χ0) is 11.7. The Kier molecular flexibility index (Phi) is 3.13. The van der Waals surface area contributed by atoms with Crippen LogP contribution in [0, 0.1) is 18.8 Å². The SMILES string of the molecule is Cc1ccc(C2CCC(C)C(=O)C2C)cc1. The zero-order valence-corrected chi connectivity index (χ0v) is 10.4. The molecule has 3 atom stereocenters. The average molecular weight is 216 g/mol. The Bertz CT molecular complexity index is 377. The first-order valence-electron chi connectivity index (χ1n) is 6.20. The third-order valence-electron chi connectivity index (χ3n) is 3.95. The molecule has 1 aromatic carbocycles. The van der Waals surface area contributed by atoms with Gasteiger partial charge in [0, 0.05) is 11.8 Å². The number of Topliss-reactive ketones (excluding diaryl/α,β-unsaturated/α-hetero) is 1. The monoisotopic (exact) mass is 216 g/mol. The second kappa shape index (κ2) is 4.40. The molecule has 1 saturated carbocycles. The Morgan fingerprint density at radius 1 is 1.06 bits per heavy atom. The summed E-state index contributed by atoms with van der Waals surface area (Å²) in [6.45, 7) is 6.24. The molecule has 0 heterocycles. The van der Waals surface area contributed by atoms with E-state index in [2.05, 4.69) is 45.0 Å². The molecule has 1 nitrogen and oxygen atoms in total. The van der Waals surface area contributed by atoms with Gasteiger partial charge < -0.3 is 0 Å². The fraction of sp³-hybridized carbons (Fsp3) is 0.533. The molecule has 2 rings (SSSR count). The lowest BCUT2D eigenvalue weighted by atomic mass is 9.72. The van der Waals surface area contributed by atoms with Gasteiger partial charge in [-0.1, -0.05) is 43.7 Å². The Morgan fingerprint density at radius 2 is 1.69 bits per heavy atom. The molecule has 1 fully saturated rings. The molecule has 0 aromatic heterocycles. The van der Waals surface area contributed by atoms with Gasteiger partial charge in [0.15, 0.2) is 0 Å². The van der Waals surface area contributed by atoms with Crippen molar-refractivity contribution >= 4 is 5.78 Å². The van der Waals surface area contributed by atoms with Gasteiger partial charge in [0.2, 0.25) is 0 Å². The second-order valence-electron chi connectivity index (χ2n) is 5.19. The van der Waals surface area contributed by atoms with E-state index in [0.717, 1.165) is 12.8 Å². The lowest BCUT2D eigenvalue weighted by Gasteiger charge is -2.31. The third kappa shape index (κ3) is 2.04. The van der Waals surface area contributed by atoms with Crippen LogP contribution in [0.25, 0.3) is 0 Å². The van der Waals surface area contributed by atoms with Crippen molar-refractivity contribution in [2.75, 3.05) is 0 Å². The molecule has 1 aliphatic rings. The van der Waals surface area contributed by atoms with Gasteiger partial charge in [-0.3, -0.25) is 4.79 Å². The maximum atomic E-state index is 12.0. The molecule has 0 aliphatic heterocycles. The smallest absolute Gasteiger partial charge is 0.139 e. The Morgan fingerprint density at radius 3 is 2.31 bits per heavy atom. The van der Waals surface area contributed by atoms with Crippen LogP contribution in [0.4, 0.5) is 0 Å². The van der Waals surface area contributed by atoms with Gasteiger partial charge in [0.1, 0.15) is 5.78 Å². The van der Waals surface area contributed by atoms with Gasteiger partial charge in [-0.2, -0.15) is 0 Å². The molecule has 0 saturated heterocycles. The van der Waals surface area contributed by atoms with Crippen LogP contribution in [0.2, 0.25) is 0 Å². The summed E-state index contributed by atoms with van der Waals surface area (Å²) < 4.78 is 0. The Balaban J connectivity index is 2.21. The van der Waals surface area contributed by atoms with Crippen LogP contribution in [0.3, 0.4) is 0 Å². The van der Waals surface area contributed by atoms with Crippen LogP contribution in [-0.2, 0) is 4.79 Å². The first-order chi connectivity index (χ1) is 7.59. The minimum atomic E-state index is 0.187. The van der Waals surface area contributed by atoms with E-state index in [0.29, 0.717) is 11.7 Å². The topological polar surface area (TPSA) is 17.1 Å². The van der Waals surface area contributed by atoms with E-state index >= 15 is 0 Å². The van der Waals surface area contributed by atoms with E-state index < -0.39 is 0 Å². The van der Waals surface area contributed by atoms with Gasteiger partial charge in [0.05, 0.1) is 0 Å². The normalized spacial score (nSPS) is 30.4. The lowest BCUT2D eigenvalue weighted by Crippen LogP contribution is -2.30. The van der Waals surface area contributed by atoms with E-state index in [9.17, 15) is 4.79 Å². The standard InChI is InChI=1S/C15H20O/c1-10-4-7-13(8-5-10)14-9-6-11(2)15(16)12(14)3/h4-5,7-8,11-12,14H,6,9H2,1-3H3. The molecular weight excluding hydrogens is 196 g/mol. The molecule has 0 bridgehead atoms. The van der Waals surface area contributed by atoms with Crippen molar-refractivity contribution in [2.24, 2.45) is 11.8 Å². The molecule has 3 unspecified atom stereocenters. The van der Waals surface area contributed by atoms with Gasteiger partial charge in [0.25, 0.3) is 0 Å². The van der Waals surface area contributed by atoms with E-state index in [4.69, 9.17) is 0 Å². The Labute approximate surface area is 97.9 Å². The minimum Gasteiger partial charge on any atom is -0.299 e. The number of carbonyl (C=O) groups excluding carboxylic acids is 1. The second-order valence-corrected chi connectivity index (χ2v) is 5.19. The maximum Gasteiger partial charge on any atom is 0.139 e. The molecule has 0 amide bonds. The van der Waals surface area contributed by atoms with Crippen LogP contribution >= 0.6 is 0 Å². The highest BCUT2D eigenvalue weighted by atomic mass is 16.1. The van der Waals surface area contributed by atoms with Gasteiger partial charge in [-0.05, 0) is 31.2 Å². The maximum absolute atomic E-state index is 12.0. The summed E-state index contributed by atoms with van der Waals surface area (Å²) in [7, 11) is 0. The molecule has 1 heteroatoms. The van der Waals surface area contributed by atoms with Crippen LogP contribution in [0.5, 0.6) is 0 Å². The van der Waals surface area contributed by atoms with Crippen molar-refractivity contribution in [3.05, 3.63) is 35.4 Å². The van der Waals surface area contributed by atoms with Crippen LogP contribution in [0.15, 0.2) is 24.3 Å². The lowest BCUT2D eigenvalue weighted by molar-refractivity contribution is -0.128. The number of hydrogen-bond acceptors (Lipinski definition) is 1. The van der Waals surface area contributed by atoms with Crippen LogP contribution in [0.1, 0.15) is 43.7 Å². The molecule has 1 aromatic rings. The van der Waals surface area contributed by atoms with Crippen LogP contribution < -0.4 is 0 Å². The largest absolute Gasteiger partial charge is 0.299 e. The first-order valence-corrected chi connectivity index (χ1v) is 6.20. The molecule has 0 spiro atoms. The van der Waals surface area contributed by atoms with E-state index in [-0.39, 0.29) is 11.8 Å². The average Bonchev–Trinajstić information content (AvgIpc) is 2.28. The number of aryl methyl sites for hydroxylation is 1. The summed E-state index contributed by atoms with van der Waals surface area (Å²) in [6.07, 6.45) is 2.19. The fourth-order valence-electron chi connectivity index (χ4n) is 2.74. The number of hydrogen-bond donors (Lipinski definition) is 0. The summed E-state index contributed by atoms with van der Waals surface area (Å²) in [4.78, 5) is 12.0. The summed E-state index contributed by atoms with van der Waals surface area (Å²) >= 11 is 0. The van der Waals surface area contributed by atoms with Crippen molar-refractivity contribution in [1.29, 1.82) is 0 Å². The van der Waals surface area contributed by atoms with E-state index in [1.165, 1.54) is 11.1 Å². The molecule has 86 valence electrons. The highest BCUT2D eigenvalue weighted by molar-refractivity contribution is 5.84. The Hall–Kier alpha value is -1.11. The predicted octanol–water partition coefficient (Wildman–Crippen LogP) is 3.71. The minimum absolute atomic E-state index is 0.187. The summed E-state index contributed by atoms with van der Waals surface area (Å²) in [5.41, 5.74) is 2.62. The first kappa shape index (κ1) is 11.4. The van der Waals surface area contributed by atoms with Gasteiger partial charge in [-0.15, -0.1) is 0 Å². The predicted molar refractivity (Wildman–Crippen MR) is 66.5 cm³/mol. The third-order valence-corrected chi connectivity index (χ3v) is 3.95. The molecular formula is C15H20O. The van der Waals surface area contributed by atoms with Gasteiger partial charge in [-0.25, -0.2) is 0 Å². The summed E-state index contributed by atoms with van der Waals surface area (Å²) in [6, 6.07) is 8.65. The molecule has 0 N–H and O–H groups in total. The molecule has 1 aliphatic carbocycles. The fourth-order valence-corrected chi connectivity index (χ4v) is 2.74. The van der Waals surface area contributed by atoms with Crippen molar-refractivity contribution in [2.45, 2.75) is 39.5 Å². The van der Waals surface area contributed by atoms with Crippen molar-refractivity contribution in [1.82, 2.24) is 0 Å². The van der Waals surface area contributed by atoms with Crippen molar-refractivity contribution < 1.29 is 4.79 Å². The number of benzene rings is 1. The summed E-state index contributed by atoms with van der Waals surface area (Å²) in [5, 5.41) is 0. The zero-order valence-electron chi connectivity index (χ0n) is 10.4. The van der Waals surface area contributed by atoms with E-state index in [1.54, 1.807) is 0 Å². The van der Waals surface area contributed by atoms with E-state index in [1.807, 2.05) is 0 Å². The summed E-state index contributed by atoms with van der Waals surface area (Å²) in [5.74, 6) is 1.32. The highest BCUT2D eigenvalue weighted by Gasteiger charge is 2.33. The van der Waals surface area contributed by atoms with Gasteiger partial charge >= 0.3 is 0 Å². The number of rotatable bonds is 1. The quantitative estimate of drug-likeness (QED) is 0.699. The molecule has 0 radical (unpaired) electrons.